The molecule has 0 bridgehead atoms. The molecule has 0 aliphatic carbocycles. The summed E-state index contributed by atoms with van der Waals surface area (Å²) in [5.41, 5.74) is 1.51. The molecule has 4 nitrogen and oxygen atoms in total. The van der Waals surface area contributed by atoms with E-state index in [0.29, 0.717) is 29.0 Å². The first-order chi connectivity index (χ1) is 12.2. The van der Waals surface area contributed by atoms with Crippen LogP contribution in [0.2, 0.25) is 5.02 Å². The van der Waals surface area contributed by atoms with E-state index < -0.39 is 0 Å². The second-order valence-corrected chi connectivity index (χ2v) is 6.66. The SMILES string of the molecule is CNC1CCCN(C(=O)c2ccccc2OCc2ccccc2Cl)C1.Cl. The van der Waals surface area contributed by atoms with Crippen LogP contribution in [-0.4, -0.2) is 37.0 Å². The van der Waals surface area contributed by atoms with Crippen molar-refractivity contribution < 1.29 is 9.53 Å². The number of carbonyl (C=O) groups excluding carboxylic acids is 1. The fraction of sp³-hybridized carbons (Fsp3) is 0.350. The van der Waals surface area contributed by atoms with Crippen LogP contribution in [0.5, 0.6) is 5.75 Å². The Bertz CT molecular complexity index is 739. The van der Waals surface area contributed by atoms with Gasteiger partial charge < -0.3 is 15.0 Å². The number of rotatable bonds is 5. The third-order valence-electron chi connectivity index (χ3n) is 4.58. The summed E-state index contributed by atoms with van der Waals surface area (Å²) in [6, 6.07) is 15.3. The van der Waals surface area contributed by atoms with Crippen LogP contribution in [-0.2, 0) is 6.61 Å². The zero-order valence-corrected chi connectivity index (χ0v) is 16.4. The maximum Gasteiger partial charge on any atom is 0.257 e. The summed E-state index contributed by atoms with van der Waals surface area (Å²) < 4.78 is 5.92. The number of ether oxygens (including phenoxy) is 1. The van der Waals surface area contributed by atoms with Gasteiger partial charge in [0.15, 0.2) is 0 Å². The zero-order chi connectivity index (χ0) is 17.6. The number of carbonyl (C=O) groups is 1. The van der Waals surface area contributed by atoms with Gasteiger partial charge in [-0.15, -0.1) is 12.4 Å². The summed E-state index contributed by atoms with van der Waals surface area (Å²) >= 11 is 6.18. The van der Waals surface area contributed by atoms with Gasteiger partial charge in [-0.3, -0.25) is 4.79 Å². The molecule has 26 heavy (non-hydrogen) atoms. The van der Waals surface area contributed by atoms with Crippen molar-refractivity contribution in [1.29, 1.82) is 0 Å². The minimum Gasteiger partial charge on any atom is -0.488 e. The van der Waals surface area contributed by atoms with Gasteiger partial charge in [-0.05, 0) is 38.1 Å². The highest BCUT2D eigenvalue weighted by atomic mass is 35.5. The normalized spacial score (nSPS) is 16.7. The van der Waals surface area contributed by atoms with Crippen LogP contribution >= 0.6 is 24.0 Å². The molecule has 1 saturated heterocycles. The standard InChI is InChI=1S/C20H23ClN2O2.ClH/c1-22-16-8-6-12-23(13-16)20(24)17-9-3-5-11-19(17)25-14-15-7-2-4-10-18(15)21;/h2-5,7,9-11,16,22H,6,8,12-14H2,1H3;1H. The van der Waals surface area contributed by atoms with Gasteiger partial charge in [0.2, 0.25) is 0 Å². The summed E-state index contributed by atoms with van der Waals surface area (Å²) in [7, 11) is 1.94. The molecule has 0 saturated carbocycles. The highest BCUT2D eigenvalue weighted by Crippen LogP contribution is 2.24. The van der Waals surface area contributed by atoms with Gasteiger partial charge in [0.25, 0.3) is 5.91 Å². The lowest BCUT2D eigenvalue weighted by Gasteiger charge is -2.33. The summed E-state index contributed by atoms with van der Waals surface area (Å²) in [6.07, 6.45) is 2.12. The topological polar surface area (TPSA) is 41.6 Å². The van der Waals surface area contributed by atoms with E-state index in [1.54, 1.807) is 0 Å². The molecular formula is C20H24Cl2N2O2. The molecule has 0 radical (unpaired) electrons. The number of likely N-dealkylation sites (tertiary alicyclic amines) is 1. The number of nitrogens with zero attached hydrogens (tertiary/aromatic N) is 1. The Hall–Kier alpha value is -1.75. The van der Waals surface area contributed by atoms with Gasteiger partial charge in [0.1, 0.15) is 12.4 Å². The Morgan fingerprint density at radius 3 is 2.73 bits per heavy atom. The number of para-hydroxylation sites is 1. The minimum absolute atomic E-state index is 0. The molecule has 1 aliphatic rings. The molecule has 1 atom stereocenters. The molecule has 2 aromatic carbocycles. The number of likely N-dealkylation sites (N-methyl/N-ethyl adjacent to an activating group) is 1. The Morgan fingerprint density at radius 2 is 1.96 bits per heavy atom. The number of nitrogens with one attached hydrogen (secondary N) is 1. The summed E-state index contributed by atoms with van der Waals surface area (Å²) in [4.78, 5) is 14.9. The van der Waals surface area contributed by atoms with E-state index in [1.165, 1.54) is 0 Å². The van der Waals surface area contributed by atoms with E-state index in [1.807, 2.05) is 60.5 Å². The molecule has 0 aromatic heterocycles. The van der Waals surface area contributed by atoms with Crippen LogP contribution in [0.1, 0.15) is 28.8 Å². The fourth-order valence-electron chi connectivity index (χ4n) is 3.11. The first kappa shape index (κ1) is 20.6. The number of hydrogen-bond acceptors (Lipinski definition) is 3. The molecule has 2 aromatic rings. The van der Waals surface area contributed by atoms with E-state index >= 15 is 0 Å². The molecule has 0 spiro atoms. The number of halogens is 2. The summed E-state index contributed by atoms with van der Waals surface area (Å²) in [6.45, 7) is 1.85. The van der Waals surface area contributed by atoms with Gasteiger partial charge >= 0.3 is 0 Å². The third kappa shape index (κ3) is 4.91. The van der Waals surface area contributed by atoms with Crippen molar-refractivity contribution in [1.82, 2.24) is 10.2 Å². The first-order valence-electron chi connectivity index (χ1n) is 8.61. The van der Waals surface area contributed by atoms with Crippen molar-refractivity contribution in [2.45, 2.75) is 25.5 Å². The number of amides is 1. The molecule has 3 rings (SSSR count). The van der Waals surface area contributed by atoms with Crippen molar-refractivity contribution in [3.63, 3.8) is 0 Å². The monoisotopic (exact) mass is 394 g/mol. The van der Waals surface area contributed by atoms with Crippen molar-refractivity contribution in [3.05, 3.63) is 64.7 Å². The average Bonchev–Trinajstić information content (AvgIpc) is 2.67. The molecule has 6 heteroatoms. The molecule has 1 heterocycles. The van der Waals surface area contributed by atoms with E-state index in [0.717, 1.165) is 31.5 Å². The van der Waals surface area contributed by atoms with Crippen LogP contribution < -0.4 is 10.1 Å². The number of benzene rings is 2. The van der Waals surface area contributed by atoms with Crippen LogP contribution in [0.3, 0.4) is 0 Å². The quantitative estimate of drug-likeness (QED) is 0.827. The van der Waals surface area contributed by atoms with Gasteiger partial charge in [-0.2, -0.15) is 0 Å². The van der Waals surface area contributed by atoms with E-state index in [2.05, 4.69) is 5.32 Å². The predicted octanol–water partition coefficient (Wildman–Crippen LogP) is 4.16. The maximum absolute atomic E-state index is 13.0. The van der Waals surface area contributed by atoms with Crippen molar-refractivity contribution in [2.75, 3.05) is 20.1 Å². The van der Waals surface area contributed by atoms with Crippen molar-refractivity contribution >= 4 is 29.9 Å². The van der Waals surface area contributed by atoms with Crippen LogP contribution in [0.25, 0.3) is 0 Å². The van der Waals surface area contributed by atoms with Crippen LogP contribution in [0.15, 0.2) is 48.5 Å². The predicted molar refractivity (Wildman–Crippen MR) is 107 cm³/mol. The molecule has 1 aliphatic heterocycles. The van der Waals surface area contributed by atoms with Crippen molar-refractivity contribution in [2.24, 2.45) is 0 Å². The largest absolute Gasteiger partial charge is 0.488 e. The Labute approximate surface area is 165 Å². The molecular weight excluding hydrogens is 371 g/mol. The molecule has 1 amide bonds. The van der Waals surface area contributed by atoms with Gasteiger partial charge in [0.05, 0.1) is 5.56 Å². The van der Waals surface area contributed by atoms with Gasteiger partial charge in [-0.25, -0.2) is 0 Å². The lowest BCUT2D eigenvalue weighted by molar-refractivity contribution is 0.0693. The zero-order valence-electron chi connectivity index (χ0n) is 14.8. The van der Waals surface area contributed by atoms with E-state index in [9.17, 15) is 4.79 Å². The molecule has 140 valence electrons. The first-order valence-corrected chi connectivity index (χ1v) is 8.98. The smallest absolute Gasteiger partial charge is 0.257 e. The Morgan fingerprint density at radius 1 is 1.23 bits per heavy atom. The maximum atomic E-state index is 13.0. The number of hydrogen-bond donors (Lipinski definition) is 1. The van der Waals surface area contributed by atoms with E-state index in [-0.39, 0.29) is 18.3 Å². The molecule has 1 unspecified atom stereocenters. The van der Waals surface area contributed by atoms with Crippen LogP contribution in [0.4, 0.5) is 0 Å². The van der Waals surface area contributed by atoms with Crippen LogP contribution in [0, 0.1) is 0 Å². The van der Waals surface area contributed by atoms with Crippen molar-refractivity contribution in [3.8, 4) is 5.75 Å². The van der Waals surface area contributed by atoms with Gasteiger partial charge in [0, 0.05) is 29.7 Å². The fourth-order valence-corrected chi connectivity index (χ4v) is 3.30. The second kappa shape index (κ2) is 9.81. The highest BCUT2D eigenvalue weighted by molar-refractivity contribution is 6.31. The lowest BCUT2D eigenvalue weighted by atomic mass is 10.0. The average molecular weight is 395 g/mol. The molecule has 1 N–H and O–H groups in total. The summed E-state index contributed by atoms with van der Waals surface area (Å²) in [5, 5.41) is 3.93. The lowest BCUT2D eigenvalue weighted by Crippen LogP contribution is -2.47. The highest BCUT2D eigenvalue weighted by Gasteiger charge is 2.25. The Kier molecular flexibility index (Phi) is 7.76. The summed E-state index contributed by atoms with van der Waals surface area (Å²) in [5.74, 6) is 0.619. The third-order valence-corrected chi connectivity index (χ3v) is 4.94. The molecule has 1 fully saturated rings. The van der Waals surface area contributed by atoms with E-state index in [4.69, 9.17) is 16.3 Å². The minimum atomic E-state index is 0. The Balaban J connectivity index is 0.00000243. The van der Waals surface area contributed by atoms with Gasteiger partial charge in [-0.1, -0.05) is 41.9 Å². The number of piperidine rings is 1. The second-order valence-electron chi connectivity index (χ2n) is 6.26.